The molecule has 0 aromatic carbocycles. The number of anilines is 1. The highest BCUT2D eigenvalue weighted by atomic mass is 32.1. The molecule has 3 nitrogen and oxygen atoms in total. The summed E-state index contributed by atoms with van der Waals surface area (Å²) >= 11 is 3.21. The van der Waals surface area contributed by atoms with Gasteiger partial charge in [0, 0.05) is 15.8 Å². The minimum absolute atomic E-state index is 0.115. The Bertz CT molecular complexity index is 563. The van der Waals surface area contributed by atoms with Gasteiger partial charge in [0.2, 0.25) is 5.91 Å². The van der Waals surface area contributed by atoms with Crippen LogP contribution >= 0.6 is 22.7 Å². The van der Waals surface area contributed by atoms with E-state index in [0.29, 0.717) is 0 Å². The largest absolute Gasteiger partial charge is 0.298 e. The molecule has 1 aliphatic rings. The number of hydrogen-bond acceptors (Lipinski definition) is 4. The van der Waals surface area contributed by atoms with Crippen LogP contribution in [0, 0.1) is 0 Å². The number of aryl methyl sites for hydroxylation is 2. The van der Waals surface area contributed by atoms with Crippen LogP contribution in [0.1, 0.15) is 21.9 Å². The normalized spacial score (nSPS) is 14.0. The van der Waals surface area contributed by atoms with Crippen LogP contribution < -0.4 is 5.32 Å². The zero-order chi connectivity index (χ0) is 12.4. The number of nitrogens with one attached hydrogen (secondary N) is 1. The molecule has 92 valence electrons. The summed E-state index contributed by atoms with van der Waals surface area (Å²) in [4.78, 5) is 18.5. The fourth-order valence-electron chi connectivity index (χ4n) is 1.93. The van der Waals surface area contributed by atoms with Crippen LogP contribution in [0.25, 0.3) is 6.08 Å². The Morgan fingerprint density at radius 3 is 3.17 bits per heavy atom. The smallest absolute Gasteiger partial charge is 0.250 e. The summed E-state index contributed by atoms with van der Waals surface area (Å²) in [7, 11) is 0. The van der Waals surface area contributed by atoms with Gasteiger partial charge in [-0.25, -0.2) is 4.98 Å². The summed E-state index contributed by atoms with van der Waals surface area (Å²) in [5, 5.41) is 5.53. The molecule has 0 spiro atoms. The van der Waals surface area contributed by atoms with Gasteiger partial charge in [-0.2, -0.15) is 0 Å². The first-order valence-electron chi connectivity index (χ1n) is 5.82. The predicted octanol–water partition coefficient (Wildman–Crippen LogP) is 3.35. The summed E-state index contributed by atoms with van der Waals surface area (Å²) in [6.07, 6.45) is 6.72. The van der Waals surface area contributed by atoms with Crippen molar-refractivity contribution in [3.8, 4) is 0 Å². The first-order chi connectivity index (χ1) is 8.81. The average molecular weight is 276 g/mol. The third-order valence-corrected chi connectivity index (χ3v) is 4.68. The SMILES string of the molecule is O=C(/C=C/c1cccs1)Nc1nc2c(s1)CCC2. The summed E-state index contributed by atoms with van der Waals surface area (Å²) in [5.74, 6) is -0.115. The van der Waals surface area contributed by atoms with E-state index in [1.165, 1.54) is 11.3 Å². The van der Waals surface area contributed by atoms with Crippen LogP contribution in [0.15, 0.2) is 23.6 Å². The van der Waals surface area contributed by atoms with E-state index in [-0.39, 0.29) is 5.91 Å². The lowest BCUT2D eigenvalue weighted by Gasteiger charge is -1.95. The van der Waals surface area contributed by atoms with E-state index < -0.39 is 0 Å². The van der Waals surface area contributed by atoms with Crippen molar-refractivity contribution in [2.45, 2.75) is 19.3 Å². The molecular formula is C13H12N2OS2. The zero-order valence-corrected chi connectivity index (χ0v) is 11.3. The van der Waals surface area contributed by atoms with Crippen molar-refractivity contribution in [3.05, 3.63) is 39.0 Å². The number of hydrogen-bond donors (Lipinski definition) is 1. The van der Waals surface area contributed by atoms with Crippen LogP contribution in [0.5, 0.6) is 0 Å². The maximum Gasteiger partial charge on any atom is 0.250 e. The summed E-state index contributed by atoms with van der Waals surface area (Å²) in [6.45, 7) is 0. The van der Waals surface area contributed by atoms with Crippen molar-refractivity contribution in [2.24, 2.45) is 0 Å². The van der Waals surface area contributed by atoms with E-state index in [2.05, 4.69) is 10.3 Å². The number of rotatable bonds is 3. The van der Waals surface area contributed by atoms with Gasteiger partial charge in [-0.15, -0.1) is 22.7 Å². The van der Waals surface area contributed by atoms with Gasteiger partial charge in [-0.3, -0.25) is 10.1 Å². The number of fused-ring (bicyclic) bond motifs is 1. The Morgan fingerprint density at radius 2 is 2.39 bits per heavy atom. The van der Waals surface area contributed by atoms with E-state index in [9.17, 15) is 4.79 Å². The summed E-state index contributed by atoms with van der Waals surface area (Å²) < 4.78 is 0. The van der Waals surface area contributed by atoms with Crippen molar-refractivity contribution in [1.82, 2.24) is 4.98 Å². The van der Waals surface area contributed by atoms with Crippen molar-refractivity contribution in [2.75, 3.05) is 5.32 Å². The predicted molar refractivity (Wildman–Crippen MR) is 76.1 cm³/mol. The zero-order valence-electron chi connectivity index (χ0n) is 9.68. The molecule has 3 rings (SSSR count). The molecule has 0 radical (unpaired) electrons. The molecule has 2 aromatic rings. The molecule has 0 saturated heterocycles. The quantitative estimate of drug-likeness (QED) is 0.874. The number of carbonyl (C=O) groups excluding carboxylic acids is 1. The molecule has 0 saturated carbocycles. The fraction of sp³-hybridized carbons (Fsp3) is 0.231. The van der Waals surface area contributed by atoms with Gasteiger partial charge < -0.3 is 0 Å². The Balaban J connectivity index is 1.63. The molecule has 2 aromatic heterocycles. The molecule has 1 N–H and O–H groups in total. The molecule has 1 aliphatic carbocycles. The van der Waals surface area contributed by atoms with Gasteiger partial charge in [0.25, 0.3) is 0 Å². The van der Waals surface area contributed by atoms with Crippen molar-refractivity contribution >= 4 is 39.8 Å². The topological polar surface area (TPSA) is 42.0 Å². The first kappa shape index (κ1) is 11.6. The van der Waals surface area contributed by atoms with Crippen LogP contribution in [0.4, 0.5) is 5.13 Å². The van der Waals surface area contributed by atoms with E-state index in [1.54, 1.807) is 28.7 Å². The Hall–Kier alpha value is -1.46. The lowest BCUT2D eigenvalue weighted by atomic mass is 10.4. The second-order valence-electron chi connectivity index (χ2n) is 4.08. The highest BCUT2D eigenvalue weighted by molar-refractivity contribution is 7.16. The molecule has 0 unspecified atom stereocenters. The van der Waals surface area contributed by atoms with Crippen molar-refractivity contribution < 1.29 is 4.79 Å². The Morgan fingerprint density at radius 1 is 1.44 bits per heavy atom. The molecule has 0 fully saturated rings. The van der Waals surface area contributed by atoms with Gasteiger partial charge in [-0.1, -0.05) is 6.07 Å². The minimum atomic E-state index is -0.115. The number of amides is 1. The van der Waals surface area contributed by atoms with Gasteiger partial charge in [-0.05, 0) is 36.8 Å². The van der Waals surface area contributed by atoms with Crippen LogP contribution in [-0.2, 0) is 17.6 Å². The molecule has 1 amide bonds. The van der Waals surface area contributed by atoms with Gasteiger partial charge >= 0.3 is 0 Å². The third kappa shape index (κ3) is 2.52. The standard InChI is InChI=1S/C13H12N2OS2/c16-12(7-6-9-3-2-8-17-9)15-13-14-10-4-1-5-11(10)18-13/h2-3,6-8H,1,4-5H2,(H,14,15,16)/b7-6+. The van der Waals surface area contributed by atoms with E-state index in [4.69, 9.17) is 0 Å². The maximum atomic E-state index is 11.7. The monoisotopic (exact) mass is 276 g/mol. The molecule has 2 heterocycles. The Kier molecular flexibility index (Phi) is 3.25. The first-order valence-corrected chi connectivity index (χ1v) is 7.52. The Labute approximate surface area is 113 Å². The van der Waals surface area contributed by atoms with Gasteiger partial charge in [0.1, 0.15) is 0 Å². The van der Waals surface area contributed by atoms with Crippen LogP contribution in [-0.4, -0.2) is 10.9 Å². The maximum absolute atomic E-state index is 11.7. The second kappa shape index (κ2) is 5.04. The second-order valence-corrected chi connectivity index (χ2v) is 6.14. The minimum Gasteiger partial charge on any atom is -0.298 e. The fourth-order valence-corrected chi connectivity index (χ4v) is 3.61. The lowest BCUT2D eigenvalue weighted by molar-refractivity contribution is -0.111. The molecule has 5 heteroatoms. The molecule has 0 atom stereocenters. The average Bonchev–Trinajstić information content (AvgIpc) is 3.01. The van der Waals surface area contributed by atoms with Crippen LogP contribution in [0.3, 0.4) is 0 Å². The molecular weight excluding hydrogens is 264 g/mol. The molecule has 18 heavy (non-hydrogen) atoms. The van der Waals surface area contributed by atoms with Gasteiger partial charge in [0.05, 0.1) is 5.69 Å². The summed E-state index contributed by atoms with van der Waals surface area (Å²) in [6, 6.07) is 3.94. The van der Waals surface area contributed by atoms with Gasteiger partial charge in [0.15, 0.2) is 5.13 Å². The van der Waals surface area contributed by atoms with Crippen LogP contribution in [0.2, 0.25) is 0 Å². The van der Waals surface area contributed by atoms with Crippen molar-refractivity contribution in [3.63, 3.8) is 0 Å². The van der Waals surface area contributed by atoms with E-state index >= 15 is 0 Å². The highest BCUT2D eigenvalue weighted by Crippen LogP contribution is 2.30. The lowest BCUT2D eigenvalue weighted by Crippen LogP contribution is -2.07. The number of carbonyl (C=O) groups is 1. The number of aromatic nitrogens is 1. The van der Waals surface area contributed by atoms with E-state index in [0.717, 1.165) is 28.5 Å². The molecule has 0 aliphatic heterocycles. The number of thiophene rings is 1. The van der Waals surface area contributed by atoms with Crippen molar-refractivity contribution in [1.29, 1.82) is 0 Å². The highest BCUT2D eigenvalue weighted by Gasteiger charge is 2.17. The number of nitrogens with zero attached hydrogens (tertiary/aromatic N) is 1. The number of thiazole rings is 1. The van der Waals surface area contributed by atoms with E-state index in [1.807, 2.05) is 23.6 Å². The molecule has 0 bridgehead atoms. The summed E-state index contributed by atoms with van der Waals surface area (Å²) in [5.41, 5.74) is 1.16. The third-order valence-electron chi connectivity index (χ3n) is 2.77.